The van der Waals surface area contributed by atoms with E-state index in [-0.39, 0.29) is 0 Å². The van der Waals surface area contributed by atoms with Crippen LogP contribution in [0.3, 0.4) is 0 Å². The first kappa shape index (κ1) is 9.18. The lowest BCUT2D eigenvalue weighted by molar-refractivity contribution is 0.121. The number of rotatable bonds is 2. The predicted octanol–water partition coefficient (Wildman–Crippen LogP) is 1.42. The fraction of sp³-hybridized carbons (Fsp3) is 0.714. The Balaban J connectivity index is 2.08. The fourth-order valence-corrected chi connectivity index (χ4v) is 2.25. The number of ether oxygens (including phenoxy) is 1. The fourth-order valence-electron chi connectivity index (χ4n) is 1.47. The first-order valence-electron chi connectivity index (χ1n) is 4.07. The molecule has 0 N–H and O–H groups in total. The molecule has 72 valence electrons. The van der Waals surface area contributed by atoms with Crippen LogP contribution in [0.25, 0.3) is 0 Å². The topological polar surface area (TPSA) is 38.2 Å². The molecule has 1 fully saturated rings. The molecule has 1 aliphatic heterocycles. The second kappa shape index (κ2) is 3.77. The number of aromatic nitrogens is 2. The van der Waals surface area contributed by atoms with Gasteiger partial charge < -0.3 is 9.64 Å². The van der Waals surface area contributed by atoms with Gasteiger partial charge in [0.1, 0.15) is 0 Å². The van der Waals surface area contributed by atoms with Gasteiger partial charge in [-0.3, -0.25) is 0 Å². The van der Waals surface area contributed by atoms with Crippen LogP contribution in [0.2, 0.25) is 5.15 Å². The van der Waals surface area contributed by atoms with Gasteiger partial charge in [-0.2, -0.15) is 8.75 Å². The normalized spacial score (nSPS) is 22.6. The molecule has 1 atom stereocenters. The molecule has 1 saturated heterocycles. The Morgan fingerprint density at radius 1 is 1.62 bits per heavy atom. The maximum absolute atomic E-state index is 5.87. The minimum Gasteiger partial charge on any atom is -0.380 e. The second-order valence-electron chi connectivity index (χ2n) is 2.97. The maximum Gasteiger partial charge on any atom is 0.187 e. The molecule has 1 aliphatic rings. The van der Waals surface area contributed by atoms with Crippen LogP contribution in [0.1, 0.15) is 6.42 Å². The van der Waals surface area contributed by atoms with E-state index in [9.17, 15) is 0 Å². The van der Waals surface area contributed by atoms with Gasteiger partial charge in [-0.25, -0.2) is 0 Å². The first-order valence-corrected chi connectivity index (χ1v) is 5.18. The summed E-state index contributed by atoms with van der Waals surface area (Å²) in [6.07, 6.45) is 1.34. The van der Waals surface area contributed by atoms with Crippen LogP contribution in [0.4, 0.5) is 5.82 Å². The van der Waals surface area contributed by atoms with E-state index in [0.717, 1.165) is 37.1 Å². The molecular weight excluding hydrogens is 210 g/mol. The summed E-state index contributed by atoms with van der Waals surface area (Å²) in [6, 6.07) is 0. The highest BCUT2D eigenvalue weighted by Gasteiger charge is 2.25. The van der Waals surface area contributed by atoms with E-state index in [2.05, 4.69) is 13.6 Å². The zero-order valence-corrected chi connectivity index (χ0v) is 8.81. The lowest BCUT2D eigenvalue weighted by Gasteiger charge is -2.14. The number of methoxy groups -OCH3 is 1. The lowest BCUT2D eigenvalue weighted by atomic mass is 10.3. The highest BCUT2D eigenvalue weighted by atomic mass is 35.5. The molecule has 6 heteroatoms. The summed E-state index contributed by atoms with van der Waals surface area (Å²) in [7, 11) is 1.73. The quantitative estimate of drug-likeness (QED) is 0.754. The summed E-state index contributed by atoms with van der Waals surface area (Å²) < 4.78 is 13.3. The standard InChI is InChI=1S/C7H10ClN3OS/c1-12-5-2-3-11(4-5)7-6(8)9-13-10-7/h5H,2-4H2,1H3/t5-/m0/s1. The van der Waals surface area contributed by atoms with Gasteiger partial charge in [0.05, 0.1) is 17.8 Å². The molecule has 1 aromatic rings. The van der Waals surface area contributed by atoms with Gasteiger partial charge >= 0.3 is 0 Å². The molecule has 0 bridgehead atoms. The van der Waals surface area contributed by atoms with Crippen LogP contribution in [0.15, 0.2) is 0 Å². The summed E-state index contributed by atoms with van der Waals surface area (Å²) in [5.74, 6) is 0.797. The Bertz CT molecular complexity index is 293. The summed E-state index contributed by atoms with van der Waals surface area (Å²) in [4.78, 5) is 2.11. The van der Waals surface area contributed by atoms with Gasteiger partial charge in [0, 0.05) is 20.2 Å². The summed E-state index contributed by atoms with van der Waals surface area (Å²) in [5, 5.41) is 0.502. The van der Waals surface area contributed by atoms with E-state index in [1.807, 2.05) is 0 Å². The molecular formula is C7H10ClN3OS. The monoisotopic (exact) mass is 219 g/mol. The zero-order chi connectivity index (χ0) is 9.26. The highest BCUT2D eigenvalue weighted by molar-refractivity contribution is 6.99. The van der Waals surface area contributed by atoms with Crippen LogP contribution >= 0.6 is 23.3 Å². The van der Waals surface area contributed by atoms with Crippen molar-refractivity contribution in [2.75, 3.05) is 25.1 Å². The smallest absolute Gasteiger partial charge is 0.187 e. The van der Waals surface area contributed by atoms with Gasteiger partial charge in [-0.05, 0) is 6.42 Å². The lowest BCUT2D eigenvalue weighted by Crippen LogP contribution is -2.22. The molecule has 0 spiro atoms. The van der Waals surface area contributed by atoms with Crippen LogP contribution in [0, 0.1) is 0 Å². The molecule has 4 nitrogen and oxygen atoms in total. The van der Waals surface area contributed by atoms with Crippen molar-refractivity contribution in [3.05, 3.63) is 5.15 Å². The summed E-state index contributed by atoms with van der Waals surface area (Å²) >= 11 is 7.01. The van der Waals surface area contributed by atoms with Crippen molar-refractivity contribution >= 4 is 29.1 Å². The van der Waals surface area contributed by atoms with Gasteiger partial charge in [0.25, 0.3) is 0 Å². The minimum absolute atomic E-state index is 0.303. The number of anilines is 1. The molecule has 0 unspecified atom stereocenters. The second-order valence-corrected chi connectivity index (χ2v) is 3.86. The van der Waals surface area contributed by atoms with Crippen molar-refractivity contribution in [2.24, 2.45) is 0 Å². The van der Waals surface area contributed by atoms with E-state index >= 15 is 0 Å². The number of halogens is 1. The zero-order valence-electron chi connectivity index (χ0n) is 7.23. The Morgan fingerprint density at radius 3 is 3.00 bits per heavy atom. The third-order valence-corrected chi connectivity index (χ3v) is 3.08. The van der Waals surface area contributed by atoms with Crippen molar-refractivity contribution in [3.8, 4) is 0 Å². The number of hydrogen-bond acceptors (Lipinski definition) is 5. The van der Waals surface area contributed by atoms with Gasteiger partial charge in [-0.15, -0.1) is 0 Å². The molecule has 1 aromatic heterocycles. The molecule has 0 aliphatic carbocycles. The molecule has 0 aromatic carbocycles. The van der Waals surface area contributed by atoms with Crippen molar-refractivity contribution in [2.45, 2.75) is 12.5 Å². The molecule has 0 amide bonds. The Hall–Kier alpha value is -0.390. The van der Waals surface area contributed by atoms with Crippen molar-refractivity contribution in [3.63, 3.8) is 0 Å². The summed E-state index contributed by atoms with van der Waals surface area (Å²) in [5.41, 5.74) is 0. The van der Waals surface area contributed by atoms with Crippen molar-refractivity contribution in [1.82, 2.24) is 8.75 Å². The van der Waals surface area contributed by atoms with Gasteiger partial charge in [0.15, 0.2) is 11.0 Å². The molecule has 0 saturated carbocycles. The predicted molar refractivity (Wildman–Crippen MR) is 52.5 cm³/mol. The number of hydrogen-bond donors (Lipinski definition) is 0. The van der Waals surface area contributed by atoms with Crippen LogP contribution in [-0.4, -0.2) is 35.1 Å². The Labute approximate surface area is 85.8 Å². The Morgan fingerprint density at radius 2 is 2.46 bits per heavy atom. The van der Waals surface area contributed by atoms with Crippen molar-refractivity contribution < 1.29 is 4.74 Å². The van der Waals surface area contributed by atoms with Crippen molar-refractivity contribution in [1.29, 1.82) is 0 Å². The molecule has 0 radical (unpaired) electrons. The SMILES string of the molecule is CO[C@H]1CCN(c2nsnc2Cl)C1. The molecule has 13 heavy (non-hydrogen) atoms. The minimum atomic E-state index is 0.303. The molecule has 2 rings (SSSR count). The molecule has 2 heterocycles. The largest absolute Gasteiger partial charge is 0.380 e. The third kappa shape index (κ3) is 1.77. The van der Waals surface area contributed by atoms with E-state index in [1.165, 1.54) is 0 Å². The van der Waals surface area contributed by atoms with Gasteiger partial charge in [-0.1, -0.05) is 11.6 Å². The van der Waals surface area contributed by atoms with E-state index < -0.39 is 0 Å². The van der Waals surface area contributed by atoms with Crippen LogP contribution < -0.4 is 4.90 Å². The van der Waals surface area contributed by atoms with Crippen LogP contribution in [0.5, 0.6) is 0 Å². The van der Waals surface area contributed by atoms with Gasteiger partial charge in [0.2, 0.25) is 0 Å². The van der Waals surface area contributed by atoms with E-state index in [0.29, 0.717) is 11.3 Å². The van der Waals surface area contributed by atoms with E-state index in [4.69, 9.17) is 16.3 Å². The average Bonchev–Trinajstić information content (AvgIpc) is 2.71. The first-order chi connectivity index (χ1) is 6.31. The van der Waals surface area contributed by atoms with Crippen LogP contribution in [-0.2, 0) is 4.74 Å². The number of nitrogens with zero attached hydrogens (tertiary/aromatic N) is 3. The summed E-state index contributed by atoms with van der Waals surface area (Å²) in [6.45, 7) is 1.81. The third-order valence-electron chi connectivity index (χ3n) is 2.21. The maximum atomic E-state index is 5.87. The highest BCUT2D eigenvalue weighted by Crippen LogP contribution is 2.26. The Kier molecular flexibility index (Phi) is 2.66. The van der Waals surface area contributed by atoms with E-state index in [1.54, 1.807) is 7.11 Å². The average molecular weight is 220 g/mol.